The summed E-state index contributed by atoms with van der Waals surface area (Å²) in [5, 5.41) is -8.36. The Hall–Kier alpha value is 0.260. The van der Waals surface area contributed by atoms with Gasteiger partial charge in [0, 0.05) is 7.11 Å². The van der Waals surface area contributed by atoms with Gasteiger partial charge in [0.15, 0.2) is 0 Å². The molecule has 11 heavy (non-hydrogen) atoms. The van der Waals surface area contributed by atoms with Gasteiger partial charge in [0.05, 0.1) is 0 Å². The summed E-state index contributed by atoms with van der Waals surface area (Å²) in [6.07, 6.45) is -2.82. The normalized spacial score (nSPS) is 14.2. The maximum Gasteiger partial charge on any atom is 0.354 e. The Morgan fingerprint density at radius 1 is 1.09 bits per heavy atom. The van der Waals surface area contributed by atoms with Crippen molar-refractivity contribution in [3.63, 3.8) is 0 Å². The van der Waals surface area contributed by atoms with E-state index in [1.54, 1.807) is 0 Å². The van der Waals surface area contributed by atoms with Gasteiger partial charge in [-0.05, 0) is 23.2 Å². The molecule has 0 rings (SSSR count). The van der Waals surface area contributed by atoms with Crippen LogP contribution in [0, 0.1) is 0 Å². The lowest BCUT2D eigenvalue weighted by molar-refractivity contribution is -0.152. The van der Waals surface area contributed by atoms with E-state index in [4.69, 9.17) is 0 Å². The number of hydrogen-bond acceptors (Lipinski definition) is 1. The average molecular weight is 215 g/mol. The van der Waals surface area contributed by atoms with Crippen molar-refractivity contribution in [2.24, 2.45) is 0 Å². The highest BCUT2D eigenvalue weighted by atomic mass is 35.5. The topological polar surface area (TPSA) is 9.23 Å². The van der Waals surface area contributed by atoms with Gasteiger partial charge in [0.25, 0.3) is 0 Å². The Morgan fingerprint density at radius 3 is 1.36 bits per heavy atom. The molecule has 0 aliphatic rings. The van der Waals surface area contributed by atoms with Crippen molar-refractivity contribution in [1.82, 2.24) is 0 Å². The van der Waals surface area contributed by atoms with Gasteiger partial charge in [-0.15, -0.1) is 0 Å². The molecule has 68 valence electrons. The van der Waals surface area contributed by atoms with E-state index in [0.717, 1.165) is 0 Å². The van der Waals surface area contributed by atoms with Crippen LogP contribution < -0.4 is 0 Å². The second kappa shape index (κ2) is 3.33. The minimum atomic E-state index is -4.18. The van der Waals surface area contributed by atoms with E-state index in [0.29, 0.717) is 7.11 Å². The molecule has 0 atom stereocenters. The fourth-order valence-electron chi connectivity index (χ4n) is 0.453. The molecule has 0 aliphatic heterocycles. The van der Waals surface area contributed by atoms with Gasteiger partial charge >= 0.3 is 10.8 Å². The number of rotatable bonds is 3. The van der Waals surface area contributed by atoms with Crippen LogP contribution in [0.15, 0.2) is 0 Å². The van der Waals surface area contributed by atoms with Crippen LogP contribution in [0.4, 0.5) is 17.6 Å². The van der Waals surface area contributed by atoms with Crippen LogP contribution in [0.2, 0.25) is 0 Å². The number of alkyl halides is 6. The maximum absolute atomic E-state index is 12.0. The molecular weight excluding hydrogens is 211 g/mol. The van der Waals surface area contributed by atoms with E-state index in [-0.39, 0.29) is 0 Å². The standard InChI is InChI=1S/C4H4Cl2F4O/c1-11-2(3(5,7)8)4(6,9)10/h2H,1H3. The summed E-state index contributed by atoms with van der Waals surface area (Å²) in [5.41, 5.74) is 0. The molecule has 0 aromatic heterocycles. The third-order valence-electron chi connectivity index (χ3n) is 0.830. The van der Waals surface area contributed by atoms with Crippen molar-refractivity contribution in [2.75, 3.05) is 7.11 Å². The predicted molar refractivity (Wildman–Crippen MR) is 32.4 cm³/mol. The van der Waals surface area contributed by atoms with Crippen molar-refractivity contribution in [3.05, 3.63) is 0 Å². The van der Waals surface area contributed by atoms with Crippen LogP contribution in [0.1, 0.15) is 0 Å². The summed E-state index contributed by atoms with van der Waals surface area (Å²) in [6.45, 7) is 0. The average Bonchev–Trinajstić information content (AvgIpc) is 1.56. The summed E-state index contributed by atoms with van der Waals surface area (Å²) >= 11 is 8.52. The van der Waals surface area contributed by atoms with E-state index in [2.05, 4.69) is 27.9 Å². The number of hydrogen-bond donors (Lipinski definition) is 0. The zero-order valence-electron chi connectivity index (χ0n) is 5.25. The van der Waals surface area contributed by atoms with Crippen molar-refractivity contribution in [2.45, 2.75) is 16.9 Å². The maximum atomic E-state index is 12.0. The van der Waals surface area contributed by atoms with Gasteiger partial charge in [0.1, 0.15) is 0 Å². The highest BCUT2D eigenvalue weighted by molar-refractivity contribution is 6.25. The molecule has 0 aromatic rings. The SMILES string of the molecule is COC(C(F)(F)Cl)C(F)(F)Cl. The summed E-state index contributed by atoms with van der Waals surface area (Å²) in [5.74, 6) is 0. The highest BCUT2D eigenvalue weighted by Crippen LogP contribution is 2.38. The molecule has 0 aromatic carbocycles. The van der Waals surface area contributed by atoms with E-state index < -0.39 is 16.9 Å². The Morgan fingerprint density at radius 2 is 1.36 bits per heavy atom. The van der Waals surface area contributed by atoms with Crippen LogP contribution in [0.25, 0.3) is 0 Å². The van der Waals surface area contributed by atoms with Crippen molar-refractivity contribution < 1.29 is 22.3 Å². The van der Waals surface area contributed by atoms with Gasteiger partial charge in [0.2, 0.25) is 6.10 Å². The number of halogens is 6. The minimum Gasteiger partial charge on any atom is -0.367 e. The molecule has 7 heteroatoms. The Balaban J connectivity index is 4.43. The molecule has 1 nitrogen and oxygen atoms in total. The van der Waals surface area contributed by atoms with E-state index in [9.17, 15) is 17.6 Å². The lowest BCUT2D eigenvalue weighted by Gasteiger charge is -2.23. The highest BCUT2D eigenvalue weighted by Gasteiger charge is 2.53. The zero-order valence-corrected chi connectivity index (χ0v) is 6.77. The summed E-state index contributed by atoms with van der Waals surface area (Å²) in [4.78, 5) is 0. The molecule has 0 fully saturated rings. The first-order valence-corrected chi connectivity index (χ1v) is 3.11. The van der Waals surface area contributed by atoms with Gasteiger partial charge in [-0.25, -0.2) is 0 Å². The molecule has 0 heterocycles. The first-order valence-electron chi connectivity index (χ1n) is 2.36. The molecule has 0 aliphatic carbocycles. The Bertz CT molecular complexity index is 115. The second-order valence-electron chi connectivity index (χ2n) is 1.70. The molecule has 0 spiro atoms. The monoisotopic (exact) mass is 214 g/mol. The lowest BCUT2D eigenvalue weighted by atomic mass is 10.4. The van der Waals surface area contributed by atoms with Crippen LogP contribution >= 0.6 is 23.2 Å². The predicted octanol–water partition coefficient (Wildman–Crippen LogP) is 2.66. The largest absolute Gasteiger partial charge is 0.367 e. The second-order valence-corrected chi connectivity index (χ2v) is 2.71. The molecule has 0 unspecified atom stereocenters. The summed E-state index contributed by atoms with van der Waals surface area (Å²) in [6, 6.07) is 0. The first-order chi connectivity index (χ1) is 4.69. The third kappa shape index (κ3) is 3.44. The smallest absolute Gasteiger partial charge is 0.354 e. The minimum absolute atomic E-state index is 0.664. The molecule has 0 radical (unpaired) electrons. The summed E-state index contributed by atoms with van der Waals surface area (Å²) in [7, 11) is 0.664. The van der Waals surface area contributed by atoms with Crippen molar-refractivity contribution in [3.8, 4) is 0 Å². The van der Waals surface area contributed by atoms with Crippen LogP contribution in [-0.4, -0.2) is 24.0 Å². The van der Waals surface area contributed by atoms with Gasteiger partial charge in [-0.3, -0.25) is 0 Å². The molecule has 0 amide bonds. The zero-order chi connectivity index (χ0) is 9.28. The number of ether oxygens (including phenoxy) is 1. The molecule has 0 saturated carbocycles. The fraction of sp³-hybridized carbons (Fsp3) is 1.00. The van der Waals surface area contributed by atoms with Gasteiger partial charge < -0.3 is 4.74 Å². The molecule has 0 saturated heterocycles. The van der Waals surface area contributed by atoms with E-state index >= 15 is 0 Å². The molecule has 0 N–H and O–H groups in total. The quantitative estimate of drug-likeness (QED) is 0.519. The van der Waals surface area contributed by atoms with Crippen LogP contribution in [-0.2, 0) is 4.74 Å². The van der Waals surface area contributed by atoms with E-state index in [1.165, 1.54) is 0 Å². The van der Waals surface area contributed by atoms with Crippen molar-refractivity contribution in [1.29, 1.82) is 0 Å². The summed E-state index contributed by atoms with van der Waals surface area (Å²) < 4.78 is 51.6. The molecule has 0 bridgehead atoms. The Labute approximate surface area is 70.2 Å². The Kier molecular flexibility index (Phi) is 3.41. The lowest BCUT2D eigenvalue weighted by Crippen LogP contribution is -2.42. The van der Waals surface area contributed by atoms with Crippen LogP contribution in [0.3, 0.4) is 0 Å². The van der Waals surface area contributed by atoms with Gasteiger partial charge in [-0.1, -0.05) is 0 Å². The van der Waals surface area contributed by atoms with Crippen molar-refractivity contribution >= 4 is 23.2 Å². The first kappa shape index (κ1) is 11.3. The number of methoxy groups -OCH3 is 1. The van der Waals surface area contributed by atoms with E-state index in [1.807, 2.05) is 0 Å². The fourth-order valence-corrected chi connectivity index (χ4v) is 0.961. The molecular formula is C4H4Cl2F4O. The third-order valence-corrected chi connectivity index (χ3v) is 1.23. The van der Waals surface area contributed by atoms with Crippen LogP contribution in [0.5, 0.6) is 0 Å². The van der Waals surface area contributed by atoms with Gasteiger partial charge in [-0.2, -0.15) is 17.6 Å².